The number of aromatic nitrogens is 1. The Kier molecular flexibility index (Phi) is 6.90. The second-order valence-electron chi connectivity index (χ2n) is 7.88. The maximum absolute atomic E-state index is 13.2. The molecule has 1 saturated heterocycles. The highest BCUT2D eigenvalue weighted by Gasteiger charge is 2.31. The summed E-state index contributed by atoms with van der Waals surface area (Å²) in [6, 6.07) is 14.8. The van der Waals surface area contributed by atoms with Crippen molar-refractivity contribution in [2.24, 2.45) is 0 Å². The van der Waals surface area contributed by atoms with E-state index < -0.39 is 11.7 Å². The fourth-order valence-corrected chi connectivity index (χ4v) is 3.82. The van der Waals surface area contributed by atoms with Crippen LogP contribution in [0.3, 0.4) is 0 Å². The van der Waals surface area contributed by atoms with E-state index in [1.165, 1.54) is 17.0 Å². The summed E-state index contributed by atoms with van der Waals surface area (Å²) in [5, 5.41) is 3.15. The maximum atomic E-state index is 13.2. The molecule has 2 aromatic carbocycles. The van der Waals surface area contributed by atoms with Crippen LogP contribution in [-0.2, 0) is 6.18 Å². The monoisotopic (exact) mass is 484 g/mol. The van der Waals surface area contributed by atoms with E-state index in [0.717, 1.165) is 12.1 Å². The Hall–Kier alpha value is -4.08. The summed E-state index contributed by atoms with van der Waals surface area (Å²) in [5.74, 6) is 0.375. The molecule has 0 atom stereocenters. The number of hydrogen-bond acceptors (Lipinski definition) is 5. The number of piperazine rings is 1. The van der Waals surface area contributed by atoms with Gasteiger partial charge in [0.05, 0.1) is 23.9 Å². The van der Waals surface area contributed by atoms with Crippen molar-refractivity contribution >= 4 is 23.3 Å². The molecule has 7 nitrogen and oxygen atoms in total. The van der Waals surface area contributed by atoms with Gasteiger partial charge in [0.25, 0.3) is 11.8 Å². The zero-order chi connectivity index (χ0) is 25.0. The van der Waals surface area contributed by atoms with Crippen molar-refractivity contribution < 1.29 is 27.5 Å². The third-order valence-electron chi connectivity index (χ3n) is 5.71. The first-order chi connectivity index (χ1) is 16.8. The SMILES string of the molecule is COc1ccccc1Nc1ncccc1C(=O)N1CCN(C(=O)c2ccc(C(F)(F)F)cc2)CC1. The summed E-state index contributed by atoms with van der Waals surface area (Å²) >= 11 is 0. The Balaban J connectivity index is 1.42. The van der Waals surface area contributed by atoms with E-state index in [2.05, 4.69) is 10.3 Å². The van der Waals surface area contributed by atoms with Crippen molar-refractivity contribution in [1.82, 2.24) is 14.8 Å². The Morgan fingerprint density at radius 3 is 2.14 bits per heavy atom. The molecule has 1 aliphatic heterocycles. The van der Waals surface area contributed by atoms with Gasteiger partial charge in [0.2, 0.25) is 0 Å². The summed E-state index contributed by atoms with van der Waals surface area (Å²) in [4.78, 5) is 33.5. The van der Waals surface area contributed by atoms with Crippen LogP contribution in [-0.4, -0.2) is 59.9 Å². The van der Waals surface area contributed by atoms with Crippen LogP contribution in [0.25, 0.3) is 0 Å². The largest absolute Gasteiger partial charge is 0.495 e. The van der Waals surface area contributed by atoms with Crippen LogP contribution in [0, 0.1) is 0 Å². The van der Waals surface area contributed by atoms with Gasteiger partial charge in [0.1, 0.15) is 11.6 Å². The van der Waals surface area contributed by atoms with E-state index in [9.17, 15) is 22.8 Å². The number of para-hydroxylation sites is 2. The van der Waals surface area contributed by atoms with E-state index in [1.54, 1.807) is 36.4 Å². The highest BCUT2D eigenvalue weighted by atomic mass is 19.4. The first kappa shape index (κ1) is 24.1. The number of nitrogens with zero attached hydrogens (tertiary/aromatic N) is 3. The third-order valence-corrected chi connectivity index (χ3v) is 5.71. The molecule has 1 aromatic heterocycles. The van der Waals surface area contributed by atoms with Crippen LogP contribution >= 0.6 is 0 Å². The number of carbonyl (C=O) groups excluding carboxylic acids is 2. The van der Waals surface area contributed by atoms with Gasteiger partial charge in [-0.05, 0) is 48.5 Å². The van der Waals surface area contributed by atoms with Gasteiger partial charge >= 0.3 is 6.18 Å². The number of anilines is 2. The summed E-state index contributed by atoms with van der Waals surface area (Å²) in [7, 11) is 1.55. The Morgan fingerprint density at radius 1 is 0.886 bits per heavy atom. The van der Waals surface area contributed by atoms with Gasteiger partial charge in [-0.15, -0.1) is 0 Å². The van der Waals surface area contributed by atoms with Crippen LogP contribution in [0.4, 0.5) is 24.7 Å². The van der Waals surface area contributed by atoms with Crippen LogP contribution in [0.1, 0.15) is 26.3 Å². The third kappa shape index (κ3) is 5.37. The van der Waals surface area contributed by atoms with Crippen LogP contribution < -0.4 is 10.1 Å². The number of hydrogen-bond donors (Lipinski definition) is 1. The molecule has 0 bridgehead atoms. The first-order valence-corrected chi connectivity index (χ1v) is 10.9. The first-order valence-electron chi connectivity index (χ1n) is 10.9. The van der Waals surface area contributed by atoms with Gasteiger partial charge in [0.15, 0.2) is 0 Å². The fourth-order valence-electron chi connectivity index (χ4n) is 3.82. The number of nitrogens with one attached hydrogen (secondary N) is 1. The predicted octanol–water partition coefficient (Wildman–Crippen LogP) is 4.45. The molecule has 1 fully saturated rings. The van der Waals surface area contributed by atoms with E-state index in [0.29, 0.717) is 22.8 Å². The quantitative estimate of drug-likeness (QED) is 0.579. The minimum atomic E-state index is -4.46. The molecule has 0 unspecified atom stereocenters. The second kappa shape index (κ2) is 10.0. The summed E-state index contributed by atoms with van der Waals surface area (Å²) < 4.78 is 43.7. The molecular weight excluding hydrogens is 461 g/mol. The highest BCUT2D eigenvalue weighted by molar-refractivity contribution is 6.00. The highest BCUT2D eigenvalue weighted by Crippen LogP contribution is 2.30. The van der Waals surface area contributed by atoms with Crippen molar-refractivity contribution in [1.29, 1.82) is 0 Å². The fraction of sp³-hybridized carbons (Fsp3) is 0.240. The second-order valence-corrected chi connectivity index (χ2v) is 7.88. The molecule has 1 N–H and O–H groups in total. The zero-order valence-electron chi connectivity index (χ0n) is 18.9. The number of halogens is 3. The van der Waals surface area contributed by atoms with E-state index >= 15 is 0 Å². The standard InChI is InChI=1S/C25H23F3N4O3/c1-35-21-7-3-2-6-20(21)30-22-19(5-4-12-29-22)24(34)32-15-13-31(14-16-32)23(33)17-8-10-18(11-9-17)25(26,27)28/h2-12H,13-16H2,1H3,(H,29,30). The molecule has 4 rings (SSSR count). The van der Waals surface area contributed by atoms with Gasteiger partial charge < -0.3 is 19.9 Å². The predicted molar refractivity (Wildman–Crippen MR) is 124 cm³/mol. The zero-order valence-corrected chi connectivity index (χ0v) is 18.9. The Morgan fingerprint density at radius 2 is 1.51 bits per heavy atom. The number of amides is 2. The lowest BCUT2D eigenvalue weighted by molar-refractivity contribution is -0.137. The molecule has 35 heavy (non-hydrogen) atoms. The molecule has 0 radical (unpaired) electrons. The van der Waals surface area contributed by atoms with Crippen LogP contribution in [0.2, 0.25) is 0 Å². The van der Waals surface area contributed by atoms with Crippen molar-refractivity contribution in [3.05, 3.63) is 83.6 Å². The summed E-state index contributed by atoms with van der Waals surface area (Å²) in [5.41, 5.74) is 0.405. The van der Waals surface area contributed by atoms with Crippen molar-refractivity contribution in [2.45, 2.75) is 6.18 Å². The van der Waals surface area contributed by atoms with Crippen LogP contribution in [0.5, 0.6) is 5.75 Å². The molecule has 2 heterocycles. The van der Waals surface area contributed by atoms with Crippen molar-refractivity contribution in [2.75, 3.05) is 38.6 Å². The number of ether oxygens (including phenoxy) is 1. The molecule has 182 valence electrons. The molecule has 2 amide bonds. The lowest BCUT2D eigenvalue weighted by Crippen LogP contribution is -2.50. The molecule has 0 aliphatic carbocycles. The molecular formula is C25H23F3N4O3. The average molecular weight is 484 g/mol. The lowest BCUT2D eigenvalue weighted by Gasteiger charge is -2.35. The van der Waals surface area contributed by atoms with Gasteiger partial charge in [-0.1, -0.05) is 12.1 Å². The van der Waals surface area contributed by atoms with E-state index in [4.69, 9.17) is 4.74 Å². The van der Waals surface area contributed by atoms with Crippen LogP contribution in [0.15, 0.2) is 66.9 Å². The van der Waals surface area contributed by atoms with Crippen molar-refractivity contribution in [3.8, 4) is 5.75 Å². The number of rotatable bonds is 5. The number of methoxy groups -OCH3 is 1. The molecule has 0 spiro atoms. The maximum Gasteiger partial charge on any atom is 0.416 e. The number of benzene rings is 2. The van der Waals surface area contributed by atoms with Crippen molar-refractivity contribution in [3.63, 3.8) is 0 Å². The number of carbonyl (C=O) groups is 2. The van der Waals surface area contributed by atoms with Gasteiger partial charge in [-0.2, -0.15) is 13.2 Å². The van der Waals surface area contributed by atoms with E-state index in [-0.39, 0.29) is 43.6 Å². The molecule has 3 aromatic rings. The Labute approximate surface area is 200 Å². The normalized spacial score (nSPS) is 13.9. The minimum Gasteiger partial charge on any atom is -0.495 e. The summed E-state index contributed by atoms with van der Waals surface area (Å²) in [6.07, 6.45) is -2.88. The molecule has 1 aliphatic rings. The topological polar surface area (TPSA) is 74.8 Å². The van der Waals surface area contributed by atoms with Gasteiger partial charge in [0, 0.05) is 37.9 Å². The van der Waals surface area contributed by atoms with Gasteiger partial charge in [-0.25, -0.2) is 4.98 Å². The smallest absolute Gasteiger partial charge is 0.416 e. The lowest BCUT2D eigenvalue weighted by atomic mass is 10.1. The van der Waals surface area contributed by atoms with E-state index in [1.807, 2.05) is 18.2 Å². The number of alkyl halides is 3. The number of pyridine rings is 1. The molecule has 10 heteroatoms. The Bertz CT molecular complexity index is 1210. The average Bonchev–Trinajstić information content (AvgIpc) is 2.88. The molecule has 0 saturated carbocycles. The van der Waals surface area contributed by atoms with Gasteiger partial charge in [-0.3, -0.25) is 9.59 Å². The summed E-state index contributed by atoms with van der Waals surface area (Å²) in [6.45, 7) is 1.10. The minimum absolute atomic E-state index is 0.174.